The Kier molecular flexibility index (Phi) is 5.00. The lowest BCUT2D eigenvalue weighted by Gasteiger charge is -2.11. The van der Waals surface area contributed by atoms with E-state index in [9.17, 15) is 17.6 Å². The van der Waals surface area contributed by atoms with E-state index < -0.39 is 27.0 Å². The van der Waals surface area contributed by atoms with Gasteiger partial charge in [-0.05, 0) is 50.2 Å². The minimum atomic E-state index is -3.44. The Hall–Kier alpha value is -2.41. The number of carbonyl (C=O) groups is 1. The molecule has 2 aromatic carbocycles. The molecule has 5 nitrogen and oxygen atoms in total. The molecular formula is C16H17FN2O3S. The predicted molar refractivity (Wildman–Crippen MR) is 88.5 cm³/mol. The van der Waals surface area contributed by atoms with Gasteiger partial charge in [-0.2, -0.15) is 0 Å². The van der Waals surface area contributed by atoms with Crippen LogP contribution in [0.15, 0.2) is 48.5 Å². The molecule has 0 fully saturated rings. The van der Waals surface area contributed by atoms with Crippen molar-refractivity contribution in [2.45, 2.75) is 19.1 Å². The van der Waals surface area contributed by atoms with E-state index in [4.69, 9.17) is 0 Å². The molecule has 2 rings (SSSR count). The Morgan fingerprint density at radius 1 is 1.04 bits per heavy atom. The van der Waals surface area contributed by atoms with Gasteiger partial charge in [-0.15, -0.1) is 0 Å². The molecule has 23 heavy (non-hydrogen) atoms. The first-order valence-corrected chi connectivity index (χ1v) is 8.52. The van der Waals surface area contributed by atoms with E-state index in [0.29, 0.717) is 11.3 Å². The van der Waals surface area contributed by atoms with Crippen LogP contribution in [0.2, 0.25) is 0 Å². The molecule has 0 radical (unpaired) electrons. The first-order valence-electron chi connectivity index (χ1n) is 6.97. The summed E-state index contributed by atoms with van der Waals surface area (Å²) >= 11 is 0. The normalized spacial score (nSPS) is 11.3. The van der Waals surface area contributed by atoms with Gasteiger partial charge in [-0.1, -0.05) is 12.1 Å². The van der Waals surface area contributed by atoms with E-state index in [2.05, 4.69) is 10.0 Å². The zero-order chi connectivity index (χ0) is 17.0. The monoisotopic (exact) mass is 336 g/mol. The number of rotatable bonds is 5. The van der Waals surface area contributed by atoms with Crippen LogP contribution in [0.1, 0.15) is 24.2 Å². The maximum atomic E-state index is 13.5. The van der Waals surface area contributed by atoms with Crippen LogP contribution in [0.3, 0.4) is 0 Å². The molecule has 0 saturated carbocycles. The van der Waals surface area contributed by atoms with Crippen molar-refractivity contribution in [2.24, 2.45) is 0 Å². The van der Waals surface area contributed by atoms with Crippen molar-refractivity contribution >= 4 is 27.3 Å². The van der Waals surface area contributed by atoms with Crippen LogP contribution in [0.25, 0.3) is 0 Å². The van der Waals surface area contributed by atoms with Crippen LogP contribution >= 0.6 is 0 Å². The molecule has 2 aromatic rings. The second kappa shape index (κ2) is 6.78. The van der Waals surface area contributed by atoms with Crippen molar-refractivity contribution in [3.63, 3.8) is 0 Å². The number of hydrogen-bond donors (Lipinski definition) is 2. The zero-order valence-corrected chi connectivity index (χ0v) is 13.5. The van der Waals surface area contributed by atoms with Crippen molar-refractivity contribution in [3.8, 4) is 0 Å². The molecule has 2 N–H and O–H groups in total. The number of sulfonamides is 1. The third-order valence-electron chi connectivity index (χ3n) is 3.15. The highest BCUT2D eigenvalue weighted by atomic mass is 32.2. The summed E-state index contributed by atoms with van der Waals surface area (Å²) in [5.74, 6) is -1.00. The average molecular weight is 336 g/mol. The smallest absolute Gasteiger partial charge is 0.255 e. The van der Waals surface area contributed by atoms with Gasteiger partial charge in [0.15, 0.2) is 0 Å². The maximum absolute atomic E-state index is 13.5. The van der Waals surface area contributed by atoms with Gasteiger partial charge >= 0.3 is 0 Å². The van der Waals surface area contributed by atoms with Crippen molar-refractivity contribution in [2.75, 3.05) is 10.0 Å². The van der Waals surface area contributed by atoms with Gasteiger partial charge in [0.25, 0.3) is 5.91 Å². The first kappa shape index (κ1) is 17.0. The predicted octanol–water partition coefficient (Wildman–Crippen LogP) is 3.23. The highest BCUT2D eigenvalue weighted by Gasteiger charge is 2.16. The van der Waals surface area contributed by atoms with Crippen molar-refractivity contribution in [1.29, 1.82) is 0 Å². The van der Waals surface area contributed by atoms with E-state index in [-0.39, 0.29) is 5.69 Å². The van der Waals surface area contributed by atoms with Crippen LogP contribution < -0.4 is 10.0 Å². The number of nitrogens with one attached hydrogen (secondary N) is 2. The summed E-state index contributed by atoms with van der Waals surface area (Å²) in [6.07, 6.45) is 0. The minimum Gasteiger partial charge on any atom is -0.319 e. The molecule has 0 spiro atoms. The lowest BCUT2D eigenvalue weighted by atomic mass is 10.2. The van der Waals surface area contributed by atoms with E-state index in [1.165, 1.54) is 42.5 Å². The van der Waals surface area contributed by atoms with Gasteiger partial charge < -0.3 is 5.32 Å². The molecular weight excluding hydrogens is 319 g/mol. The summed E-state index contributed by atoms with van der Waals surface area (Å²) in [5, 5.41) is 1.90. The standard InChI is InChI=1S/C16H17FN2O3S/c1-11(2)23(21,22)19-13-9-7-12(8-10-13)16(20)18-15-6-4-3-5-14(15)17/h3-11,19H,1-2H3,(H,18,20). The number of hydrogen-bond acceptors (Lipinski definition) is 3. The third kappa shape index (κ3) is 4.29. The van der Waals surface area contributed by atoms with E-state index in [0.717, 1.165) is 0 Å². The lowest BCUT2D eigenvalue weighted by molar-refractivity contribution is 0.102. The Bertz CT molecular complexity index is 802. The lowest BCUT2D eigenvalue weighted by Crippen LogP contribution is -2.22. The van der Waals surface area contributed by atoms with Gasteiger partial charge in [0.1, 0.15) is 5.82 Å². The first-order chi connectivity index (χ1) is 10.8. The Balaban J connectivity index is 2.11. The average Bonchev–Trinajstić information content (AvgIpc) is 2.49. The summed E-state index contributed by atoms with van der Waals surface area (Å²) in [6, 6.07) is 11.7. The van der Waals surface area contributed by atoms with Crippen LogP contribution in [-0.4, -0.2) is 19.6 Å². The van der Waals surface area contributed by atoms with E-state index in [1.807, 2.05) is 0 Å². The van der Waals surface area contributed by atoms with Crippen LogP contribution in [0.5, 0.6) is 0 Å². The molecule has 0 bridgehead atoms. The minimum absolute atomic E-state index is 0.0853. The topological polar surface area (TPSA) is 75.3 Å². The Morgan fingerprint density at radius 2 is 1.65 bits per heavy atom. The summed E-state index contributed by atoms with van der Waals surface area (Å²) in [6.45, 7) is 3.14. The molecule has 0 aromatic heterocycles. The van der Waals surface area contributed by atoms with Crippen LogP contribution in [0, 0.1) is 5.82 Å². The molecule has 0 unspecified atom stereocenters. The second-order valence-electron chi connectivity index (χ2n) is 5.21. The van der Waals surface area contributed by atoms with Gasteiger partial charge in [0.2, 0.25) is 10.0 Å². The quantitative estimate of drug-likeness (QED) is 0.880. The highest BCUT2D eigenvalue weighted by molar-refractivity contribution is 7.93. The van der Waals surface area contributed by atoms with Crippen LogP contribution in [-0.2, 0) is 10.0 Å². The number of benzene rings is 2. The largest absolute Gasteiger partial charge is 0.319 e. The fraction of sp³-hybridized carbons (Fsp3) is 0.188. The summed E-state index contributed by atoms with van der Waals surface area (Å²) in [7, 11) is -3.44. The van der Waals surface area contributed by atoms with Crippen LogP contribution in [0.4, 0.5) is 15.8 Å². The van der Waals surface area contributed by atoms with Crippen molar-refractivity contribution < 1.29 is 17.6 Å². The molecule has 7 heteroatoms. The third-order valence-corrected chi connectivity index (χ3v) is 4.91. The number of anilines is 2. The summed E-state index contributed by atoms with van der Waals surface area (Å²) in [4.78, 5) is 12.1. The van der Waals surface area contributed by atoms with Gasteiger partial charge in [0, 0.05) is 11.3 Å². The molecule has 0 atom stereocenters. The van der Waals surface area contributed by atoms with Crippen molar-refractivity contribution in [3.05, 3.63) is 59.9 Å². The van der Waals surface area contributed by atoms with Gasteiger partial charge in [0.05, 0.1) is 10.9 Å². The fourth-order valence-electron chi connectivity index (χ4n) is 1.73. The summed E-state index contributed by atoms with van der Waals surface area (Å²) < 4.78 is 39.5. The number of halogens is 1. The molecule has 1 amide bonds. The molecule has 0 aliphatic carbocycles. The number of carbonyl (C=O) groups excluding carboxylic acids is 1. The molecule has 0 aliphatic rings. The van der Waals surface area contributed by atoms with E-state index >= 15 is 0 Å². The number of para-hydroxylation sites is 1. The maximum Gasteiger partial charge on any atom is 0.255 e. The molecule has 0 heterocycles. The van der Waals surface area contributed by atoms with E-state index in [1.54, 1.807) is 19.9 Å². The fourth-order valence-corrected chi connectivity index (χ4v) is 2.43. The Morgan fingerprint density at radius 3 is 2.22 bits per heavy atom. The second-order valence-corrected chi connectivity index (χ2v) is 7.44. The Labute approximate surface area is 134 Å². The molecule has 0 aliphatic heterocycles. The number of amides is 1. The SMILES string of the molecule is CC(C)S(=O)(=O)Nc1ccc(C(=O)Nc2ccccc2F)cc1. The highest BCUT2D eigenvalue weighted by Crippen LogP contribution is 2.16. The molecule has 122 valence electrons. The van der Waals surface area contributed by atoms with Crippen molar-refractivity contribution in [1.82, 2.24) is 0 Å². The molecule has 0 saturated heterocycles. The van der Waals surface area contributed by atoms with Gasteiger partial charge in [-0.3, -0.25) is 9.52 Å². The zero-order valence-electron chi connectivity index (χ0n) is 12.7. The van der Waals surface area contributed by atoms with Gasteiger partial charge in [-0.25, -0.2) is 12.8 Å². The summed E-state index contributed by atoms with van der Waals surface area (Å²) in [5.41, 5.74) is 0.740.